The minimum atomic E-state index is -3.32. The molecule has 6 heteroatoms. The van der Waals surface area contributed by atoms with Crippen LogP contribution >= 0.6 is 11.6 Å². The molecule has 1 aromatic carbocycles. The molecule has 1 aromatic rings. The molecule has 1 unspecified atom stereocenters. The number of sulfone groups is 1. The maximum Gasteiger partial charge on any atom is 0.181 e. The Bertz CT molecular complexity index is 512. The van der Waals surface area contributed by atoms with Gasteiger partial charge in [0.2, 0.25) is 0 Å². The third-order valence-corrected chi connectivity index (χ3v) is 5.32. The van der Waals surface area contributed by atoms with Crippen molar-refractivity contribution >= 4 is 21.4 Å². The van der Waals surface area contributed by atoms with Gasteiger partial charge in [0, 0.05) is 19.7 Å². The summed E-state index contributed by atoms with van der Waals surface area (Å²) in [4.78, 5) is 0.204. The summed E-state index contributed by atoms with van der Waals surface area (Å²) in [5, 5.41) is 3.40. The third kappa shape index (κ3) is 4.18. The van der Waals surface area contributed by atoms with Gasteiger partial charge in [0.25, 0.3) is 0 Å². The fourth-order valence-electron chi connectivity index (χ4n) is 2.08. The molecule has 1 N–H and O–H groups in total. The molecule has 1 aliphatic rings. The van der Waals surface area contributed by atoms with Gasteiger partial charge < -0.3 is 10.1 Å². The molecule has 0 spiro atoms. The molecule has 4 nitrogen and oxygen atoms in total. The second-order valence-corrected chi connectivity index (χ2v) is 7.07. The lowest BCUT2D eigenvalue weighted by Crippen LogP contribution is -2.30. The van der Waals surface area contributed by atoms with E-state index in [1.165, 1.54) is 6.07 Å². The van der Waals surface area contributed by atoms with Crippen LogP contribution in [-0.2, 0) is 14.6 Å². The van der Waals surface area contributed by atoms with Gasteiger partial charge >= 0.3 is 0 Å². The average molecular weight is 304 g/mol. The van der Waals surface area contributed by atoms with Gasteiger partial charge in [-0.3, -0.25) is 0 Å². The topological polar surface area (TPSA) is 55.4 Å². The van der Waals surface area contributed by atoms with E-state index in [0.29, 0.717) is 13.1 Å². The van der Waals surface area contributed by atoms with Crippen molar-refractivity contribution < 1.29 is 13.2 Å². The van der Waals surface area contributed by atoms with Crippen LogP contribution in [0, 0.1) is 0 Å². The van der Waals surface area contributed by atoms with Gasteiger partial charge in [-0.15, -0.1) is 0 Å². The van der Waals surface area contributed by atoms with Crippen molar-refractivity contribution in [2.24, 2.45) is 0 Å². The number of benzene rings is 1. The first-order valence-corrected chi connectivity index (χ1v) is 8.42. The van der Waals surface area contributed by atoms with Crippen LogP contribution in [0.4, 0.5) is 0 Å². The zero-order valence-electron chi connectivity index (χ0n) is 10.6. The Kier molecular flexibility index (Phi) is 5.21. The minimum Gasteiger partial charge on any atom is -0.377 e. The van der Waals surface area contributed by atoms with E-state index in [2.05, 4.69) is 5.32 Å². The van der Waals surface area contributed by atoms with E-state index in [1.807, 2.05) is 0 Å². The molecule has 0 aromatic heterocycles. The van der Waals surface area contributed by atoms with Gasteiger partial charge in [-0.2, -0.15) is 0 Å². The van der Waals surface area contributed by atoms with Gasteiger partial charge in [-0.25, -0.2) is 8.42 Å². The fraction of sp³-hybridized carbons (Fsp3) is 0.538. The normalized spacial score (nSPS) is 19.7. The molecule has 19 heavy (non-hydrogen) atoms. The Morgan fingerprint density at radius 2 is 2.16 bits per heavy atom. The molecule has 0 bridgehead atoms. The quantitative estimate of drug-likeness (QED) is 0.815. The second kappa shape index (κ2) is 6.70. The molecule has 2 rings (SSSR count). The minimum absolute atomic E-state index is 0.0451. The first-order valence-electron chi connectivity index (χ1n) is 6.39. The highest BCUT2D eigenvalue weighted by Gasteiger charge is 2.18. The lowest BCUT2D eigenvalue weighted by atomic mass is 10.2. The molecule has 106 valence electrons. The van der Waals surface area contributed by atoms with E-state index in [9.17, 15) is 8.42 Å². The number of ether oxygens (including phenoxy) is 1. The van der Waals surface area contributed by atoms with Crippen LogP contribution in [0.25, 0.3) is 0 Å². The van der Waals surface area contributed by atoms with Crippen molar-refractivity contribution in [3.63, 3.8) is 0 Å². The number of nitrogens with one attached hydrogen (secondary N) is 1. The second-order valence-electron chi connectivity index (χ2n) is 4.59. The predicted octanol–water partition coefficient (Wildman–Crippen LogP) is 1.88. The zero-order chi connectivity index (χ0) is 13.7. The Balaban J connectivity index is 1.82. The molecule has 1 fully saturated rings. The molecule has 0 radical (unpaired) electrons. The first kappa shape index (κ1) is 14.8. The largest absolute Gasteiger partial charge is 0.377 e. The van der Waals surface area contributed by atoms with Crippen molar-refractivity contribution in [3.8, 4) is 0 Å². The number of hydrogen-bond donors (Lipinski definition) is 1. The van der Waals surface area contributed by atoms with E-state index >= 15 is 0 Å². The fourth-order valence-corrected chi connectivity index (χ4v) is 3.85. The molecule has 0 amide bonds. The zero-order valence-corrected chi connectivity index (χ0v) is 12.2. The van der Waals surface area contributed by atoms with E-state index in [1.54, 1.807) is 18.2 Å². The van der Waals surface area contributed by atoms with E-state index < -0.39 is 9.84 Å². The Labute approximate surface area is 119 Å². The maximum atomic E-state index is 12.1. The van der Waals surface area contributed by atoms with Crippen LogP contribution < -0.4 is 5.32 Å². The van der Waals surface area contributed by atoms with Crippen molar-refractivity contribution in [3.05, 3.63) is 29.3 Å². The summed E-state index contributed by atoms with van der Waals surface area (Å²) in [5.41, 5.74) is 0. The summed E-state index contributed by atoms with van der Waals surface area (Å²) >= 11 is 5.91. The van der Waals surface area contributed by atoms with Crippen LogP contribution in [0.5, 0.6) is 0 Å². The van der Waals surface area contributed by atoms with E-state index in [-0.39, 0.29) is 21.8 Å². The van der Waals surface area contributed by atoms with Crippen molar-refractivity contribution in [1.29, 1.82) is 0 Å². The van der Waals surface area contributed by atoms with Crippen LogP contribution in [0.1, 0.15) is 12.8 Å². The molecular weight excluding hydrogens is 286 g/mol. The number of halogens is 1. The number of rotatable bonds is 6. The van der Waals surface area contributed by atoms with Crippen LogP contribution in [0.15, 0.2) is 29.2 Å². The molecule has 1 aliphatic heterocycles. The van der Waals surface area contributed by atoms with Gasteiger partial charge in [0.05, 0.1) is 21.8 Å². The standard InChI is InChI=1S/C13H18ClNO3S/c14-12-5-1-2-6-13(12)19(16,17)9-7-15-10-11-4-3-8-18-11/h1-2,5-6,11,15H,3-4,7-10H2. The highest BCUT2D eigenvalue weighted by atomic mass is 35.5. The summed E-state index contributed by atoms with van der Waals surface area (Å²) in [6, 6.07) is 6.53. The summed E-state index contributed by atoms with van der Waals surface area (Å²) in [6.07, 6.45) is 2.36. The predicted molar refractivity (Wildman–Crippen MR) is 75.3 cm³/mol. The van der Waals surface area contributed by atoms with Crippen LogP contribution in [0.3, 0.4) is 0 Å². The number of hydrogen-bond acceptors (Lipinski definition) is 4. The summed E-state index contributed by atoms with van der Waals surface area (Å²) in [7, 11) is -3.32. The SMILES string of the molecule is O=S(=O)(CCNCC1CCCO1)c1ccccc1Cl. The van der Waals surface area contributed by atoms with E-state index in [4.69, 9.17) is 16.3 Å². The highest BCUT2D eigenvalue weighted by Crippen LogP contribution is 2.21. The Hall–Kier alpha value is -0.620. The highest BCUT2D eigenvalue weighted by molar-refractivity contribution is 7.91. The molecule has 1 heterocycles. The monoisotopic (exact) mass is 303 g/mol. The van der Waals surface area contributed by atoms with Crippen molar-refractivity contribution in [1.82, 2.24) is 5.32 Å². The van der Waals surface area contributed by atoms with Crippen LogP contribution in [0.2, 0.25) is 5.02 Å². The maximum absolute atomic E-state index is 12.1. The van der Waals surface area contributed by atoms with Gasteiger partial charge in [-0.1, -0.05) is 23.7 Å². The smallest absolute Gasteiger partial charge is 0.181 e. The molecule has 0 saturated carbocycles. The van der Waals surface area contributed by atoms with Crippen molar-refractivity contribution in [2.75, 3.05) is 25.4 Å². The summed E-state index contributed by atoms with van der Waals surface area (Å²) in [6.45, 7) is 1.93. The molecule has 1 atom stereocenters. The first-order chi connectivity index (χ1) is 9.09. The molecular formula is C13H18ClNO3S. The lowest BCUT2D eigenvalue weighted by Gasteiger charge is -2.11. The molecule has 1 saturated heterocycles. The Morgan fingerprint density at radius 1 is 1.37 bits per heavy atom. The van der Waals surface area contributed by atoms with Gasteiger partial charge in [-0.05, 0) is 25.0 Å². The molecule has 0 aliphatic carbocycles. The Morgan fingerprint density at radius 3 is 2.84 bits per heavy atom. The van der Waals surface area contributed by atoms with Crippen LogP contribution in [-0.4, -0.2) is 40.0 Å². The lowest BCUT2D eigenvalue weighted by molar-refractivity contribution is 0.110. The summed E-state index contributed by atoms with van der Waals surface area (Å²) in [5.74, 6) is 0.0451. The third-order valence-electron chi connectivity index (χ3n) is 3.12. The average Bonchev–Trinajstić information content (AvgIpc) is 2.88. The van der Waals surface area contributed by atoms with Gasteiger partial charge in [0.1, 0.15) is 0 Å². The van der Waals surface area contributed by atoms with Crippen molar-refractivity contribution in [2.45, 2.75) is 23.8 Å². The van der Waals surface area contributed by atoms with E-state index in [0.717, 1.165) is 19.4 Å². The summed E-state index contributed by atoms with van der Waals surface area (Å²) < 4.78 is 29.6. The van der Waals surface area contributed by atoms with Gasteiger partial charge in [0.15, 0.2) is 9.84 Å².